The van der Waals surface area contributed by atoms with Gasteiger partial charge in [-0.3, -0.25) is 14.5 Å². The standard InChI is InChI=1S/C24H23N7O5S3/c1-3-7-29-8-9-30-15(29)5-4-6-16(30)37-10-13-11-38-22-18(21(33)31(22)19(13)23(34)35)27-20(32)17(28-36-2)14-12-39-24(25)26-14/h3-6,8-9,12,18,22H,1,7,10-11H2,2H3,(H3-,25,26,27,32,34,35)/p+1/b28-17-/t18-,22-/m1/s1. The molecule has 12 nitrogen and oxygen atoms in total. The van der Waals surface area contributed by atoms with Crippen molar-refractivity contribution in [2.45, 2.75) is 23.0 Å². The fourth-order valence-corrected chi connectivity index (χ4v) is 7.42. The van der Waals surface area contributed by atoms with Gasteiger partial charge in [-0.05, 0) is 17.7 Å². The summed E-state index contributed by atoms with van der Waals surface area (Å²) in [5, 5.41) is 18.6. The molecule has 202 valence electrons. The van der Waals surface area contributed by atoms with Crippen LogP contribution in [0, 0.1) is 0 Å². The number of carboxylic acids is 1. The van der Waals surface area contributed by atoms with E-state index >= 15 is 0 Å². The Labute approximate surface area is 235 Å². The number of carboxylic acid groups (broad SMARTS) is 1. The van der Waals surface area contributed by atoms with E-state index in [9.17, 15) is 19.5 Å². The summed E-state index contributed by atoms with van der Waals surface area (Å²) >= 11 is 4.03. The van der Waals surface area contributed by atoms with Crippen molar-refractivity contribution in [3.63, 3.8) is 0 Å². The van der Waals surface area contributed by atoms with Crippen LogP contribution in [0.2, 0.25) is 0 Å². The first-order valence-electron chi connectivity index (χ1n) is 11.6. The summed E-state index contributed by atoms with van der Waals surface area (Å²) in [5.41, 5.74) is 7.34. The van der Waals surface area contributed by atoms with Gasteiger partial charge in [0.1, 0.15) is 48.9 Å². The van der Waals surface area contributed by atoms with E-state index in [4.69, 9.17) is 10.6 Å². The van der Waals surface area contributed by atoms with Gasteiger partial charge in [0, 0.05) is 23.0 Å². The van der Waals surface area contributed by atoms with Crippen molar-refractivity contribution in [2.75, 3.05) is 24.3 Å². The van der Waals surface area contributed by atoms with Crippen LogP contribution in [0.5, 0.6) is 0 Å². The van der Waals surface area contributed by atoms with Gasteiger partial charge in [0.2, 0.25) is 0 Å². The molecule has 2 amide bonds. The van der Waals surface area contributed by atoms with Crippen LogP contribution >= 0.6 is 34.9 Å². The predicted octanol–water partition coefficient (Wildman–Crippen LogP) is 1.33. The molecule has 3 aromatic heterocycles. The molecular formula is C24H24N7O5S3+. The van der Waals surface area contributed by atoms with Crippen LogP contribution in [0.15, 0.2) is 70.1 Å². The number of amides is 2. The Kier molecular flexibility index (Phi) is 7.63. The molecular weight excluding hydrogens is 563 g/mol. The van der Waals surface area contributed by atoms with Gasteiger partial charge in [0.15, 0.2) is 15.9 Å². The van der Waals surface area contributed by atoms with E-state index in [0.29, 0.717) is 23.6 Å². The zero-order chi connectivity index (χ0) is 27.7. The molecule has 2 atom stereocenters. The Morgan fingerprint density at radius 3 is 2.97 bits per heavy atom. The Morgan fingerprint density at radius 1 is 1.46 bits per heavy atom. The highest BCUT2D eigenvalue weighted by Crippen LogP contribution is 2.41. The molecule has 1 saturated heterocycles. The summed E-state index contributed by atoms with van der Waals surface area (Å²) in [5.74, 6) is -1.58. The lowest BCUT2D eigenvalue weighted by Crippen LogP contribution is -2.71. The van der Waals surface area contributed by atoms with Gasteiger partial charge >= 0.3 is 5.97 Å². The number of hydrogen-bond donors (Lipinski definition) is 3. The van der Waals surface area contributed by atoms with Crippen LogP contribution in [0.4, 0.5) is 5.13 Å². The number of nitrogens with zero attached hydrogens (tertiary/aromatic N) is 5. The average Bonchev–Trinajstić information content (AvgIpc) is 3.54. The summed E-state index contributed by atoms with van der Waals surface area (Å²) in [7, 11) is 1.29. The molecule has 0 bridgehead atoms. The number of rotatable bonds is 10. The monoisotopic (exact) mass is 586 g/mol. The molecule has 4 N–H and O–H groups in total. The number of hydrogen-bond acceptors (Lipinski definition) is 10. The smallest absolute Gasteiger partial charge is 0.352 e. The summed E-state index contributed by atoms with van der Waals surface area (Å²) in [6.07, 6.45) is 5.73. The van der Waals surface area contributed by atoms with E-state index < -0.39 is 29.2 Å². The number of nitrogen functional groups attached to an aromatic ring is 1. The van der Waals surface area contributed by atoms with Gasteiger partial charge < -0.3 is 21.0 Å². The topological polar surface area (TPSA) is 156 Å². The third kappa shape index (κ3) is 4.99. The number of thiazole rings is 1. The van der Waals surface area contributed by atoms with Crippen molar-refractivity contribution in [1.82, 2.24) is 19.6 Å². The van der Waals surface area contributed by atoms with Gasteiger partial charge in [0.05, 0.1) is 0 Å². The summed E-state index contributed by atoms with van der Waals surface area (Å²) in [6.45, 7) is 4.46. The number of carbonyl (C=O) groups excluding carboxylic acids is 2. The second-order valence-electron chi connectivity index (χ2n) is 8.43. The van der Waals surface area contributed by atoms with Gasteiger partial charge in [-0.15, -0.1) is 23.1 Å². The largest absolute Gasteiger partial charge is 0.477 e. The molecule has 0 aromatic carbocycles. The van der Waals surface area contributed by atoms with E-state index in [0.717, 1.165) is 22.0 Å². The first-order valence-corrected chi connectivity index (χ1v) is 14.5. The van der Waals surface area contributed by atoms with Gasteiger partial charge in [0.25, 0.3) is 17.5 Å². The maximum Gasteiger partial charge on any atom is 0.352 e. The zero-order valence-electron chi connectivity index (χ0n) is 20.6. The molecule has 2 aliphatic rings. The second kappa shape index (κ2) is 11.1. The molecule has 39 heavy (non-hydrogen) atoms. The number of imidazole rings is 1. The van der Waals surface area contributed by atoms with Crippen LogP contribution in [0.3, 0.4) is 0 Å². The van der Waals surface area contributed by atoms with Crippen LogP contribution < -0.4 is 15.6 Å². The normalized spacial score (nSPS) is 19.1. The van der Waals surface area contributed by atoms with E-state index in [1.54, 1.807) is 5.38 Å². The quantitative estimate of drug-likeness (QED) is 0.0797. The molecule has 1 fully saturated rings. The Hall–Kier alpha value is -3.82. The number of thioether (sulfide) groups is 2. The molecule has 0 radical (unpaired) electrons. The average molecular weight is 587 g/mol. The molecule has 0 saturated carbocycles. The SMILES string of the molecule is C=CC[n+]1ccn2c(SCC3=C(C(=O)O)N4C(=O)[C@@H](NC(=O)/C(=N\OC)c5csc(N)n5)[C@H]4SC3)cccc21. The number of aromatic nitrogens is 3. The van der Waals surface area contributed by atoms with Crippen LogP contribution in [0.1, 0.15) is 5.69 Å². The Bertz CT molecular complexity index is 1550. The van der Waals surface area contributed by atoms with Crippen LogP contribution in [-0.4, -0.2) is 72.9 Å². The number of nitrogens with two attached hydrogens (primary N) is 1. The number of pyridine rings is 1. The fourth-order valence-electron chi connectivity index (χ4n) is 4.37. The van der Waals surface area contributed by atoms with Crippen LogP contribution in [0.25, 0.3) is 5.65 Å². The number of β-lactam (4-membered cyclic amide) rings is 1. The molecule has 2 aliphatic heterocycles. The number of carbonyl (C=O) groups is 3. The van der Waals surface area contributed by atoms with E-state index in [1.165, 1.54) is 35.5 Å². The number of anilines is 1. The molecule has 5 heterocycles. The predicted molar refractivity (Wildman–Crippen MR) is 148 cm³/mol. The highest BCUT2D eigenvalue weighted by molar-refractivity contribution is 8.01. The summed E-state index contributed by atoms with van der Waals surface area (Å²) in [6, 6.07) is 4.99. The number of oxime groups is 1. The lowest BCUT2D eigenvalue weighted by Gasteiger charge is -2.49. The minimum Gasteiger partial charge on any atom is -0.477 e. The van der Waals surface area contributed by atoms with Crippen molar-refractivity contribution in [1.29, 1.82) is 0 Å². The highest BCUT2D eigenvalue weighted by atomic mass is 32.2. The number of allylic oxidation sites excluding steroid dienone is 1. The highest BCUT2D eigenvalue weighted by Gasteiger charge is 2.54. The molecule has 0 aliphatic carbocycles. The third-order valence-corrected chi connectivity index (χ3v) is 9.21. The number of aliphatic carboxylic acids is 1. The van der Waals surface area contributed by atoms with Crippen molar-refractivity contribution in [2.24, 2.45) is 5.16 Å². The molecule has 0 unspecified atom stereocenters. The van der Waals surface area contributed by atoms with Gasteiger partial charge in [-0.1, -0.05) is 29.6 Å². The lowest BCUT2D eigenvalue weighted by molar-refractivity contribution is -0.660. The fraction of sp³-hybridized carbons (Fsp3) is 0.250. The Morgan fingerprint density at radius 2 is 2.28 bits per heavy atom. The maximum atomic E-state index is 13.1. The van der Waals surface area contributed by atoms with Crippen molar-refractivity contribution < 1.29 is 28.9 Å². The number of fused-ring (bicyclic) bond motifs is 2. The van der Waals surface area contributed by atoms with E-state index in [-0.39, 0.29) is 22.2 Å². The molecule has 0 spiro atoms. The first kappa shape index (κ1) is 26.8. The molecule has 15 heteroatoms. The van der Waals surface area contributed by atoms with Gasteiger partial charge in [-0.2, -0.15) is 4.40 Å². The Balaban J connectivity index is 1.32. The van der Waals surface area contributed by atoms with Crippen LogP contribution in [-0.2, 0) is 25.8 Å². The summed E-state index contributed by atoms with van der Waals surface area (Å²) in [4.78, 5) is 48.4. The van der Waals surface area contributed by atoms with E-state index in [1.807, 2.05) is 41.1 Å². The van der Waals surface area contributed by atoms with Gasteiger partial charge in [-0.25, -0.2) is 14.3 Å². The number of nitrogens with one attached hydrogen (secondary N) is 1. The third-order valence-electron chi connectivity index (χ3n) is 6.08. The molecule has 3 aromatic rings. The summed E-state index contributed by atoms with van der Waals surface area (Å²) < 4.78 is 4.09. The molecule has 5 rings (SSSR count). The van der Waals surface area contributed by atoms with Crippen molar-refractivity contribution >= 4 is 69.1 Å². The zero-order valence-corrected chi connectivity index (χ0v) is 23.1. The minimum atomic E-state index is -1.18. The van der Waals surface area contributed by atoms with E-state index in [2.05, 4.69) is 26.6 Å². The second-order valence-corrected chi connectivity index (χ2v) is 11.4. The lowest BCUT2D eigenvalue weighted by atomic mass is 10.0. The van der Waals surface area contributed by atoms with Crippen molar-refractivity contribution in [3.8, 4) is 0 Å². The minimum absolute atomic E-state index is 0.0405. The maximum absolute atomic E-state index is 13.1. The first-order chi connectivity index (χ1) is 18.8. The van der Waals surface area contributed by atoms with Crippen molar-refractivity contribution in [3.05, 3.63) is 65.6 Å².